The highest BCUT2D eigenvalue weighted by Crippen LogP contribution is 2.09. The second-order valence-electron chi connectivity index (χ2n) is 6.24. The first-order valence-electron chi connectivity index (χ1n) is 7.17. The molecule has 0 saturated carbocycles. The minimum Gasteiger partial charge on any atom is -0.341 e. The minimum atomic E-state index is -0.0649. The van der Waals surface area contributed by atoms with E-state index in [1.165, 1.54) is 6.42 Å². The molecule has 0 aromatic carbocycles. The SMILES string of the molecule is CC(NCCNC(C)(C)C)C(=O)N1CCCCC1. The Balaban J connectivity index is 2.19. The topological polar surface area (TPSA) is 44.4 Å². The number of hydrogen-bond donors (Lipinski definition) is 2. The van der Waals surface area contributed by atoms with Gasteiger partial charge in [-0.25, -0.2) is 0 Å². The Morgan fingerprint density at radius 3 is 2.33 bits per heavy atom. The average Bonchev–Trinajstić information content (AvgIpc) is 2.33. The summed E-state index contributed by atoms with van der Waals surface area (Å²) in [5.41, 5.74) is 0.141. The van der Waals surface area contributed by atoms with Crippen LogP contribution in [0.1, 0.15) is 47.0 Å². The van der Waals surface area contributed by atoms with Gasteiger partial charge >= 0.3 is 0 Å². The number of carbonyl (C=O) groups excluding carboxylic acids is 1. The quantitative estimate of drug-likeness (QED) is 0.729. The standard InChI is InChI=1S/C14H29N3O/c1-12(15-8-9-16-14(2,3)4)13(18)17-10-6-5-7-11-17/h12,15-16H,5-11H2,1-4H3. The minimum absolute atomic E-state index is 0.0649. The lowest BCUT2D eigenvalue weighted by Gasteiger charge is -2.29. The zero-order chi connectivity index (χ0) is 13.6. The van der Waals surface area contributed by atoms with Crippen molar-refractivity contribution in [3.63, 3.8) is 0 Å². The first kappa shape index (κ1) is 15.4. The summed E-state index contributed by atoms with van der Waals surface area (Å²) >= 11 is 0. The van der Waals surface area contributed by atoms with Crippen molar-refractivity contribution in [2.45, 2.75) is 58.5 Å². The Hall–Kier alpha value is -0.610. The van der Waals surface area contributed by atoms with Gasteiger partial charge in [-0.1, -0.05) is 0 Å². The van der Waals surface area contributed by atoms with Crippen molar-refractivity contribution < 1.29 is 4.79 Å². The molecule has 1 rings (SSSR count). The molecular formula is C14H29N3O. The summed E-state index contributed by atoms with van der Waals surface area (Å²) in [7, 11) is 0. The van der Waals surface area contributed by atoms with Crippen molar-refractivity contribution in [2.24, 2.45) is 0 Å². The lowest BCUT2D eigenvalue weighted by molar-refractivity contribution is -0.133. The van der Waals surface area contributed by atoms with Crippen LogP contribution in [0.25, 0.3) is 0 Å². The largest absolute Gasteiger partial charge is 0.341 e. The number of likely N-dealkylation sites (tertiary alicyclic amines) is 1. The van der Waals surface area contributed by atoms with Gasteiger partial charge in [-0.3, -0.25) is 4.79 Å². The van der Waals surface area contributed by atoms with Crippen LogP contribution in [0.4, 0.5) is 0 Å². The first-order chi connectivity index (χ1) is 8.40. The fraction of sp³-hybridized carbons (Fsp3) is 0.929. The van der Waals surface area contributed by atoms with Crippen LogP contribution in [0.3, 0.4) is 0 Å². The Bertz CT molecular complexity index is 254. The third-order valence-electron chi connectivity index (χ3n) is 3.27. The van der Waals surface area contributed by atoms with E-state index in [2.05, 4.69) is 31.4 Å². The molecule has 18 heavy (non-hydrogen) atoms. The zero-order valence-corrected chi connectivity index (χ0v) is 12.4. The van der Waals surface area contributed by atoms with Gasteiger partial charge in [0.2, 0.25) is 5.91 Å². The van der Waals surface area contributed by atoms with Crippen LogP contribution >= 0.6 is 0 Å². The molecule has 106 valence electrons. The zero-order valence-electron chi connectivity index (χ0n) is 12.4. The van der Waals surface area contributed by atoms with Crippen molar-refractivity contribution in [3.8, 4) is 0 Å². The van der Waals surface area contributed by atoms with E-state index in [1.807, 2.05) is 11.8 Å². The Kier molecular flexibility index (Phi) is 6.09. The predicted molar refractivity (Wildman–Crippen MR) is 75.7 cm³/mol. The van der Waals surface area contributed by atoms with Crippen LogP contribution in [-0.2, 0) is 4.79 Å². The fourth-order valence-electron chi connectivity index (χ4n) is 2.20. The van der Waals surface area contributed by atoms with E-state index in [1.54, 1.807) is 0 Å². The lowest BCUT2D eigenvalue weighted by Crippen LogP contribution is -2.49. The van der Waals surface area contributed by atoms with E-state index in [-0.39, 0.29) is 17.5 Å². The lowest BCUT2D eigenvalue weighted by atomic mass is 10.1. The smallest absolute Gasteiger partial charge is 0.239 e. The van der Waals surface area contributed by atoms with Crippen LogP contribution in [0.2, 0.25) is 0 Å². The molecular weight excluding hydrogens is 226 g/mol. The molecule has 1 heterocycles. The van der Waals surface area contributed by atoms with Gasteiger partial charge in [0, 0.05) is 31.7 Å². The average molecular weight is 255 g/mol. The molecule has 4 heteroatoms. The van der Waals surface area contributed by atoms with Crippen molar-refractivity contribution in [1.29, 1.82) is 0 Å². The van der Waals surface area contributed by atoms with Gasteiger partial charge < -0.3 is 15.5 Å². The summed E-state index contributed by atoms with van der Waals surface area (Å²) in [5, 5.41) is 6.71. The molecule has 2 N–H and O–H groups in total. The van der Waals surface area contributed by atoms with E-state index >= 15 is 0 Å². The van der Waals surface area contributed by atoms with Gasteiger partial charge in [-0.05, 0) is 47.0 Å². The molecule has 1 saturated heterocycles. The van der Waals surface area contributed by atoms with E-state index in [4.69, 9.17) is 0 Å². The Morgan fingerprint density at radius 2 is 1.78 bits per heavy atom. The Labute approximate surface area is 111 Å². The maximum atomic E-state index is 12.1. The summed E-state index contributed by atoms with van der Waals surface area (Å²) in [6.45, 7) is 12.0. The molecule has 0 radical (unpaired) electrons. The highest BCUT2D eigenvalue weighted by Gasteiger charge is 2.21. The van der Waals surface area contributed by atoms with Crippen molar-refractivity contribution in [2.75, 3.05) is 26.2 Å². The van der Waals surface area contributed by atoms with Crippen LogP contribution in [0.5, 0.6) is 0 Å². The molecule has 0 aromatic rings. The first-order valence-corrected chi connectivity index (χ1v) is 7.17. The molecule has 1 amide bonds. The summed E-state index contributed by atoms with van der Waals surface area (Å²) in [6.07, 6.45) is 3.58. The summed E-state index contributed by atoms with van der Waals surface area (Å²) in [6, 6.07) is -0.0649. The Morgan fingerprint density at radius 1 is 1.17 bits per heavy atom. The maximum Gasteiger partial charge on any atom is 0.239 e. The van der Waals surface area contributed by atoms with E-state index in [0.29, 0.717) is 0 Å². The number of nitrogens with zero attached hydrogens (tertiary/aromatic N) is 1. The number of rotatable bonds is 5. The third kappa shape index (κ3) is 5.83. The number of carbonyl (C=O) groups is 1. The third-order valence-corrected chi connectivity index (χ3v) is 3.27. The van der Waals surface area contributed by atoms with E-state index in [0.717, 1.165) is 39.0 Å². The molecule has 1 atom stereocenters. The second-order valence-corrected chi connectivity index (χ2v) is 6.24. The van der Waals surface area contributed by atoms with Crippen LogP contribution < -0.4 is 10.6 Å². The normalized spacial score (nSPS) is 18.8. The summed E-state index contributed by atoms with van der Waals surface area (Å²) in [4.78, 5) is 14.1. The second kappa shape index (κ2) is 7.10. The van der Waals surface area contributed by atoms with Gasteiger partial charge in [-0.2, -0.15) is 0 Å². The van der Waals surface area contributed by atoms with E-state index in [9.17, 15) is 4.79 Å². The molecule has 1 fully saturated rings. The highest BCUT2D eigenvalue weighted by atomic mass is 16.2. The molecule has 1 aliphatic heterocycles. The molecule has 4 nitrogen and oxygen atoms in total. The van der Waals surface area contributed by atoms with Crippen LogP contribution in [0, 0.1) is 0 Å². The number of nitrogens with one attached hydrogen (secondary N) is 2. The van der Waals surface area contributed by atoms with Gasteiger partial charge in [0.1, 0.15) is 0 Å². The predicted octanol–water partition coefficient (Wildman–Crippen LogP) is 1.37. The van der Waals surface area contributed by atoms with Crippen LogP contribution in [-0.4, -0.2) is 48.6 Å². The van der Waals surface area contributed by atoms with Gasteiger partial charge in [0.15, 0.2) is 0 Å². The van der Waals surface area contributed by atoms with Crippen LogP contribution in [0.15, 0.2) is 0 Å². The fourth-order valence-corrected chi connectivity index (χ4v) is 2.20. The monoisotopic (exact) mass is 255 g/mol. The highest BCUT2D eigenvalue weighted by molar-refractivity contribution is 5.81. The molecule has 1 aliphatic rings. The van der Waals surface area contributed by atoms with Gasteiger partial charge in [0.25, 0.3) is 0 Å². The summed E-state index contributed by atoms with van der Waals surface area (Å²) < 4.78 is 0. The number of piperidine rings is 1. The van der Waals surface area contributed by atoms with Gasteiger partial charge in [0.05, 0.1) is 6.04 Å². The van der Waals surface area contributed by atoms with E-state index < -0.39 is 0 Å². The van der Waals surface area contributed by atoms with Crippen molar-refractivity contribution in [3.05, 3.63) is 0 Å². The van der Waals surface area contributed by atoms with Crippen molar-refractivity contribution >= 4 is 5.91 Å². The molecule has 1 unspecified atom stereocenters. The van der Waals surface area contributed by atoms with Gasteiger partial charge in [-0.15, -0.1) is 0 Å². The number of hydrogen-bond acceptors (Lipinski definition) is 3. The molecule has 0 spiro atoms. The summed E-state index contributed by atoms with van der Waals surface area (Å²) in [5.74, 6) is 0.255. The molecule has 0 bridgehead atoms. The van der Waals surface area contributed by atoms with Crippen molar-refractivity contribution in [1.82, 2.24) is 15.5 Å². The molecule has 0 aliphatic carbocycles. The molecule has 0 aromatic heterocycles. The maximum absolute atomic E-state index is 12.1. The number of amides is 1.